The molecule has 2 aromatic heterocycles. The van der Waals surface area contributed by atoms with Crippen LogP contribution < -0.4 is 5.32 Å². The molecule has 0 aliphatic rings. The Morgan fingerprint density at radius 2 is 2.11 bits per heavy atom. The summed E-state index contributed by atoms with van der Waals surface area (Å²) in [5.74, 6) is -0.912. The van der Waals surface area contributed by atoms with Gasteiger partial charge in [-0.1, -0.05) is 0 Å². The first kappa shape index (κ1) is 12.7. The molecule has 0 aliphatic heterocycles. The van der Waals surface area contributed by atoms with Gasteiger partial charge in [0.25, 0.3) is 0 Å². The highest BCUT2D eigenvalue weighted by Crippen LogP contribution is 2.17. The van der Waals surface area contributed by atoms with Crippen LogP contribution >= 0.6 is 11.3 Å². The zero-order valence-corrected chi connectivity index (χ0v) is 10.7. The standard InChI is InChI=1S/C12H13N3O2S/c1-8-11(12(16)17)18-10(15-8)7-14-6-9-2-4-13-5-3-9/h2-5,14H,6-7H2,1H3,(H,16,17). The van der Waals surface area contributed by atoms with E-state index in [9.17, 15) is 4.79 Å². The molecule has 94 valence electrons. The van der Waals surface area contributed by atoms with Gasteiger partial charge in [0, 0.05) is 25.5 Å². The van der Waals surface area contributed by atoms with Gasteiger partial charge >= 0.3 is 5.97 Å². The minimum atomic E-state index is -0.912. The Morgan fingerprint density at radius 3 is 2.72 bits per heavy atom. The fourth-order valence-corrected chi connectivity index (χ4v) is 2.41. The molecule has 0 fully saturated rings. The molecule has 0 saturated heterocycles. The molecule has 0 saturated carbocycles. The molecule has 5 nitrogen and oxygen atoms in total. The lowest BCUT2D eigenvalue weighted by Crippen LogP contribution is -2.12. The smallest absolute Gasteiger partial charge is 0.347 e. The van der Waals surface area contributed by atoms with Gasteiger partial charge in [0.15, 0.2) is 0 Å². The van der Waals surface area contributed by atoms with E-state index in [-0.39, 0.29) is 0 Å². The predicted molar refractivity (Wildman–Crippen MR) is 68.6 cm³/mol. The molecule has 18 heavy (non-hydrogen) atoms. The van der Waals surface area contributed by atoms with Crippen LogP contribution in [0.15, 0.2) is 24.5 Å². The first-order chi connectivity index (χ1) is 8.66. The molecule has 0 bridgehead atoms. The average Bonchev–Trinajstić information content (AvgIpc) is 2.72. The quantitative estimate of drug-likeness (QED) is 0.860. The number of pyridine rings is 1. The van der Waals surface area contributed by atoms with E-state index in [0.717, 1.165) is 10.6 Å². The number of thiazole rings is 1. The minimum Gasteiger partial charge on any atom is -0.477 e. The van der Waals surface area contributed by atoms with Crippen molar-refractivity contribution in [1.29, 1.82) is 0 Å². The van der Waals surface area contributed by atoms with E-state index >= 15 is 0 Å². The number of hydrogen-bond donors (Lipinski definition) is 2. The lowest BCUT2D eigenvalue weighted by molar-refractivity contribution is 0.0701. The second-order valence-electron chi connectivity index (χ2n) is 3.79. The van der Waals surface area contributed by atoms with E-state index in [0.29, 0.717) is 23.7 Å². The lowest BCUT2D eigenvalue weighted by atomic mass is 10.3. The SMILES string of the molecule is Cc1nc(CNCc2ccncc2)sc1C(=O)O. The summed E-state index contributed by atoms with van der Waals surface area (Å²) in [5, 5.41) is 12.9. The number of carboxylic acid groups (broad SMARTS) is 1. The molecule has 6 heteroatoms. The van der Waals surface area contributed by atoms with Crippen LogP contribution in [0.2, 0.25) is 0 Å². The first-order valence-electron chi connectivity index (χ1n) is 5.46. The topological polar surface area (TPSA) is 75.1 Å². The van der Waals surface area contributed by atoms with Crippen LogP contribution in [0.1, 0.15) is 25.9 Å². The number of aromatic nitrogens is 2. The van der Waals surface area contributed by atoms with E-state index in [1.165, 1.54) is 11.3 Å². The molecule has 0 spiro atoms. The van der Waals surface area contributed by atoms with E-state index < -0.39 is 5.97 Å². The summed E-state index contributed by atoms with van der Waals surface area (Å²) in [7, 11) is 0. The van der Waals surface area contributed by atoms with Crippen molar-refractivity contribution < 1.29 is 9.90 Å². The Labute approximate surface area is 109 Å². The van der Waals surface area contributed by atoms with Gasteiger partial charge in [-0.05, 0) is 24.6 Å². The number of hydrogen-bond acceptors (Lipinski definition) is 5. The summed E-state index contributed by atoms with van der Waals surface area (Å²) in [6.45, 7) is 3.00. The number of aryl methyl sites for hydroxylation is 1. The summed E-state index contributed by atoms with van der Waals surface area (Å²) in [5.41, 5.74) is 1.71. The Bertz CT molecular complexity index is 540. The second-order valence-corrected chi connectivity index (χ2v) is 4.87. The van der Waals surface area contributed by atoms with Gasteiger partial charge in [0.1, 0.15) is 9.88 Å². The number of aromatic carboxylic acids is 1. The fraction of sp³-hybridized carbons (Fsp3) is 0.250. The number of rotatable bonds is 5. The van der Waals surface area contributed by atoms with Crippen molar-refractivity contribution in [3.63, 3.8) is 0 Å². The molecule has 2 heterocycles. The van der Waals surface area contributed by atoms with Crippen molar-refractivity contribution >= 4 is 17.3 Å². The molecule has 0 aliphatic carbocycles. The molecule has 0 atom stereocenters. The molecule has 2 N–H and O–H groups in total. The molecular weight excluding hydrogens is 250 g/mol. The van der Waals surface area contributed by atoms with Crippen LogP contribution in [0.5, 0.6) is 0 Å². The zero-order chi connectivity index (χ0) is 13.0. The summed E-state index contributed by atoms with van der Waals surface area (Å²) >= 11 is 1.22. The minimum absolute atomic E-state index is 0.315. The Kier molecular flexibility index (Phi) is 4.01. The van der Waals surface area contributed by atoms with Crippen LogP contribution in [-0.2, 0) is 13.1 Å². The maximum atomic E-state index is 10.9. The highest BCUT2D eigenvalue weighted by Gasteiger charge is 2.13. The fourth-order valence-electron chi connectivity index (χ4n) is 1.54. The summed E-state index contributed by atoms with van der Waals surface area (Å²) in [6, 6.07) is 3.87. The van der Waals surface area contributed by atoms with Crippen LogP contribution in [-0.4, -0.2) is 21.0 Å². The maximum Gasteiger partial charge on any atom is 0.347 e. The summed E-state index contributed by atoms with van der Waals surface area (Å²) < 4.78 is 0. The van der Waals surface area contributed by atoms with Crippen molar-refractivity contribution in [3.05, 3.63) is 45.7 Å². The number of nitrogens with one attached hydrogen (secondary N) is 1. The summed E-state index contributed by atoms with van der Waals surface area (Å²) in [4.78, 5) is 19.4. The van der Waals surface area contributed by atoms with Gasteiger partial charge in [-0.2, -0.15) is 0 Å². The third-order valence-electron chi connectivity index (χ3n) is 2.39. The second kappa shape index (κ2) is 5.70. The van der Waals surface area contributed by atoms with Crippen molar-refractivity contribution in [2.24, 2.45) is 0 Å². The van der Waals surface area contributed by atoms with Gasteiger partial charge in [-0.25, -0.2) is 9.78 Å². The van der Waals surface area contributed by atoms with E-state index in [1.807, 2.05) is 12.1 Å². The molecule has 2 aromatic rings. The molecule has 0 aromatic carbocycles. The van der Waals surface area contributed by atoms with Crippen molar-refractivity contribution in [2.45, 2.75) is 20.0 Å². The molecular formula is C12H13N3O2S. The van der Waals surface area contributed by atoms with Crippen LogP contribution in [0.4, 0.5) is 0 Å². The van der Waals surface area contributed by atoms with Crippen molar-refractivity contribution in [1.82, 2.24) is 15.3 Å². The van der Waals surface area contributed by atoms with Gasteiger partial charge in [-0.3, -0.25) is 4.98 Å². The predicted octanol–water partition coefficient (Wildman–Crippen LogP) is 1.83. The molecule has 0 amide bonds. The van der Waals surface area contributed by atoms with Crippen LogP contribution in [0.3, 0.4) is 0 Å². The van der Waals surface area contributed by atoms with Crippen molar-refractivity contribution in [3.8, 4) is 0 Å². The third kappa shape index (κ3) is 3.12. The Hall–Kier alpha value is -1.79. The van der Waals surface area contributed by atoms with Crippen molar-refractivity contribution in [2.75, 3.05) is 0 Å². The van der Waals surface area contributed by atoms with Crippen LogP contribution in [0.25, 0.3) is 0 Å². The zero-order valence-electron chi connectivity index (χ0n) is 9.88. The summed E-state index contributed by atoms with van der Waals surface area (Å²) in [6.07, 6.45) is 3.49. The lowest BCUT2D eigenvalue weighted by Gasteiger charge is -2.01. The number of carbonyl (C=O) groups is 1. The van der Waals surface area contributed by atoms with E-state index in [2.05, 4.69) is 15.3 Å². The Balaban J connectivity index is 1.91. The van der Waals surface area contributed by atoms with E-state index in [4.69, 9.17) is 5.11 Å². The molecule has 0 radical (unpaired) electrons. The maximum absolute atomic E-state index is 10.9. The highest BCUT2D eigenvalue weighted by molar-refractivity contribution is 7.13. The highest BCUT2D eigenvalue weighted by atomic mass is 32.1. The molecule has 0 unspecified atom stereocenters. The van der Waals surface area contributed by atoms with Gasteiger partial charge in [-0.15, -0.1) is 11.3 Å². The number of carboxylic acids is 1. The largest absolute Gasteiger partial charge is 0.477 e. The van der Waals surface area contributed by atoms with Gasteiger partial charge in [0.2, 0.25) is 0 Å². The van der Waals surface area contributed by atoms with Gasteiger partial charge in [0.05, 0.1) is 5.69 Å². The van der Waals surface area contributed by atoms with E-state index in [1.54, 1.807) is 19.3 Å². The normalized spacial score (nSPS) is 10.5. The first-order valence-corrected chi connectivity index (χ1v) is 6.27. The van der Waals surface area contributed by atoms with Crippen LogP contribution in [0, 0.1) is 6.92 Å². The third-order valence-corrected chi connectivity index (χ3v) is 3.54. The Morgan fingerprint density at radius 1 is 1.39 bits per heavy atom. The number of nitrogens with zero attached hydrogens (tertiary/aromatic N) is 2. The average molecular weight is 263 g/mol. The molecule has 2 rings (SSSR count). The monoisotopic (exact) mass is 263 g/mol. The van der Waals surface area contributed by atoms with Gasteiger partial charge < -0.3 is 10.4 Å².